The smallest absolute Gasteiger partial charge is 0.280 e. The van der Waals surface area contributed by atoms with E-state index in [4.69, 9.17) is 0 Å². The Bertz CT molecular complexity index is 1100. The number of carbonyl (C=O) groups excluding carboxylic acids is 2. The Kier molecular flexibility index (Phi) is 10.7. The van der Waals surface area contributed by atoms with Gasteiger partial charge in [-0.2, -0.15) is 0 Å². The first-order valence-corrected chi connectivity index (χ1v) is 13.6. The van der Waals surface area contributed by atoms with Crippen molar-refractivity contribution in [1.29, 1.82) is 0 Å². The lowest BCUT2D eigenvalue weighted by atomic mass is 9.97. The molecule has 1 saturated heterocycles. The van der Waals surface area contributed by atoms with Crippen LogP contribution in [-0.2, 0) is 4.79 Å². The molecule has 3 rings (SSSR count). The molecule has 0 bridgehead atoms. The molecule has 0 aliphatic carbocycles. The van der Waals surface area contributed by atoms with Gasteiger partial charge in [-0.05, 0) is 58.9 Å². The fraction of sp³-hybridized carbons (Fsp3) is 0.630. The summed E-state index contributed by atoms with van der Waals surface area (Å²) in [7, 11) is 0. The zero-order valence-electron chi connectivity index (χ0n) is 23.6. The van der Waals surface area contributed by atoms with Crippen LogP contribution in [0.2, 0.25) is 0 Å². The van der Waals surface area contributed by atoms with E-state index in [0.717, 1.165) is 24.3 Å². The van der Waals surface area contributed by atoms with Gasteiger partial charge in [-0.15, -0.1) is 11.3 Å². The van der Waals surface area contributed by atoms with E-state index in [1.807, 2.05) is 25.7 Å². The molecule has 0 spiro atoms. The Morgan fingerprint density at radius 2 is 1.97 bits per heavy atom. The first-order valence-electron chi connectivity index (χ1n) is 12.8. The number of nitrogens with zero attached hydrogens (tertiary/aromatic N) is 3. The maximum atomic E-state index is 13.8. The van der Waals surface area contributed by atoms with E-state index in [1.165, 1.54) is 25.1 Å². The summed E-state index contributed by atoms with van der Waals surface area (Å²) < 4.78 is 27.6. The van der Waals surface area contributed by atoms with Gasteiger partial charge in [0.25, 0.3) is 12.3 Å². The number of aryl methyl sites for hydroxylation is 1. The van der Waals surface area contributed by atoms with Crippen molar-refractivity contribution in [2.75, 3.05) is 18.4 Å². The maximum Gasteiger partial charge on any atom is 0.280 e. The van der Waals surface area contributed by atoms with E-state index in [1.54, 1.807) is 27.7 Å². The lowest BCUT2D eigenvalue weighted by Crippen LogP contribution is -2.47. The first-order chi connectivity index (χ1) is 17.5. The number of halogens is 2. The topological polar surface area (TPSA) is 107 Å². The highest BCUT2D eigenvalue weighted by atomic mass is 32.1. The van der Waals surface area contributed by atoms with Crippen LogP contribution in [0.1, 0.15) is 88.8 Å². The summed E-state index contributed by atoms with van der Waals surface area (Å²) in [6, 6.07) is 1.33. The third kappa shape index (κ3) is 8.97. The van der Waals surface area contributed by atoms with Crippen molar-refractivity contribution in [2.24, 2.45) is 5.41 Å². The quantitative estimate of drug-likeness (QED) is 0.377. The highest BCUT2D eigenvalue weighted by Gasteiger charge is 2.27. The SMILES string of the molecule is CC1CCCN1C=O.Cc1nc(C(=O)NC(C)C(C)(C)O)sc1-c1cnc(NCC(C)(C)C)cc1C(F)F. The van der Waals surface area contributed by atoms with Crippen LogP contribution in [0.5, 0.6) is 0 Å². The highest BCUT2D eigenvalue weighted by molar-refractivity contribution is 7.17. The zero-order chi connectivity index (χ0) is 28.8. The van der Waals surface area contributed by atoms with Crippen molar-refractivity contribution in [2.45, 2.75) is 92.3 Å². The molecule has 0 aromatic carbocycles. The minimum Gasteiger partial charge on any atom is -0.388 e. The molecule has 8 nitrogen and oxygen atoms in total. The number of aliphatic hydroxyl groups is 1. The van der Waals surface area contributed by atoms with Gasteiger partial charge in [-0.3, -0.25) is 9.59 Å². The van der Waals surface area contributed by atoms with E-state index in [9.17, 15) is 23.5 Å². The van der Waals surface area contributed by atoms with Crippen LogP contribution < -0.4 is 10.6 Å². The van der Waals surface area contributed by atoms with Crippen molar-refractivity contribution >= 4 is 29.5 Å². The minimum atomic E-state index is -2.70. The number of likely N-dealkylation sites (tertiary alicyclic amines) is 1. The molecule has 3 N–H and O–H groups in total. The van der Waals surface area contributed by atoms with Crippen LogP contribution in [-0.4, -0.2) is 63.1 Å². The second kappa shape index (κ2) is 12.9. The van der Waals surface area contributed by atoms with Crippen molar-refractivity contribution in [3.63, 3.8) is 0 Å². The monoisotopic (exact) mass is 553 g/mol. The lowest BCUT2D eigenvalue weighted by Gasteiger charge is -2.26. The molecule has 212 valence electrons. The second-order valence-electron chi connectivity index (χ2n) is 11.5. The van der Waals surface area contributed by atoms with E-state index < -0.39 is 24.0 Å². The summed E-state index contributed by atoms with van der Waals surface area (Å²) in [5.41, 5.74) is -0.559. The van der Waals surface area contributed by atoms with Gasteiger partial charge in [0.15, 0.2) is 5.01 Å². The van der Waals surface area contributed by atoms with Crippen molar-refractivity contribution < 1.29 is 23.5 Å². The molecule has 3 heterocycles. The van der Waals surface area contributed by atoms with Gasteiger partial charge in [0.2, 0.25) is 6.41 Å². The molecule has 0 saturated carbocycles. The van der Waals surface area contributed by atoms with Gasteiger partial charge in [-0.25, -0.2) is 18.7 Å². The lowest BCUT2D eigenvalue weighted by molar-refractivity contribution is -0.118. The predicted octanol–water partition coefficient (Wildman–Crippen LogP) is 5.43. The Morgan fingerprint density at radius 1 is 1.32 bits per heavy atom. The number of hydrogen-bond acceptors (Lipinski definition) is 7. The molecule has 2 unspecified atom stereocenters. The molecule has 1 fully saturated rings. The number of hydrogen-bond donors (Lipinski definition) is 3. The maximum absolute atomic E-state index is 13.8. The number of aromatic nitrogens is 2. The molecule has 11 heteroatoms. The van der Waals surface area contributed by atoms with Gasteiger partial charge in [0.05, 0.1) is 22.2 Å². The Balaban J connectivity index is 0.000000538. The zero-order valence-corrected chi connectivity index (χ0v) is 24.4. The van der Waals surface area contributed by atoms with E-state index >= 15 is 0 Å². The number of carbonyl (C=O) groups is 2. The minimum absolute atomic E-state index is 0.0257. The standard InChI is InChI=1S/C21H30F2N4O2S.C6H11NO/c1-11-16(30-19(26-11)18(28)27-12(2)21(6,7)29)14-9-24-15(8-13(14)17(22)23)25-10-20(3,4)5;1-6-3-2-4-7(6)5-8/h8-9,12,17,29H,10H2,1-7H3,(H,24,25)(H,27,28);5-6H,2-4H2,1H3. The molecule has 1 aliphatic heterocycles. The van der Waals surface area contributed by atoms with Crippen LogP contribution in [0, 0.1) is 12.3 Å². The molecule has 2 aromatic heterocycles. The fourth-order valence-electron chi connectivity index (χ4n) is 3.58. The number of amides is 2. The van der Waals surface area contributed by atoms with Crippen molar-refractivity contribution in [1.82, 2.24) is 20.2 Å². The summed E-state index contributed by atoms with van der Waals surface area (Å²) in [4.78, 5) is 33.5. The average Bonchev–Trinajstić information content (AvgIpc) is 3.41. The average molecular weight is 554 g/mol. The highest BCUT2D eigenvalue weighted by Crippen LogP contribution is 2.37. The number of pyridine rings is 1. The van der Waals surface area contributed by atoms with Crippen molar-refractivity contribution in [3.8, 4) is 10.4 Å². The number of nitrogens with one attached hydrogen (secondary N) is 2. The second-order valence-corrected chi connectivity index (χ2v) is 12.5. The molecule has 1 aliphatic rings. The molecule has 2 amide bonds. The van der Waals surface area contributed by atoms with Crippen LogP contribution in [0.4, 0.5) is 14.6 Å². The number of rotatable bonds is 8. The van der Waals surface area contributed by atoms with Crippen molar-refractivity contribution in [3.05, 3.63) is 28.5 Å². The number of anilines is 1. The third-order valence-corrected chi connectivity index (χ3v) is 7.54. The van der Waals surface area contributed by atoms with Crippen LogP contribution >= 0.6 is 11.3 Å². The summed E-state index contributed by atoms with van der Waals surface area (Å²) in [5.74, 6) is -0.0814. The number of alkyl halides is 2. The van der Waals surface area contributed by atoms with Gasteiger partial charge in [-0.1, -0.05) is 20.8 Å². The fourth-order valence-corrected chi connectivity index (χ4v) is 4.59. The Labute approximate surface area is 228 Å². The largest absolute Gasteiger partial charge is 0.388 e. The molecule has 2 atom stereocenters. The first kappa shape index (κ1) is 31.6. The van der Waals surface area contributed by atoms with E-state index in [0.29, 0.717) is 29.0 Å². The molecule has 2 aromatic rings. The summed E-state index contributed by atoms with van der Waals surface area (Å²) in [6.45, 7) is 16.3. The Hall–Kier alpha value is -2.66. The van der Waals surface area contributed by atoms with Gasteiger partial charge < -0.3 is 20.6 Å². The summed E-state index contributed by atoms with van der Waals surface area (Å²) in [5, 5.41) is 15.9. The molecule has 0 radical (unpaired) electrons. The van der Waals surface area contributed by atoms with Gasteiger partial charge >= 0.3 is 0 Å². The van der Waals surface area contributed by atoms with E-state index in [-0.39, 0.29) is 21.5 Å². The third-order valence-electron chi connectivity index (χ3n) is 6.35. The predicted molar refractivity (Wildman–Crippen MR) is 148 cm³/mol. The molecule has 38 heavy (non-hydrogen) atoms. The number of thiazole rings is 1. The molecular weight excluding hydrogens is 512 g/mol. The van der Waals surface area contributed by atoms with Crippen LogP contribution in [0.15, 0.2) is 12.3 Å². The van der Waals surface area contributed by atoms with Gasteiger partial charge in [0.1, 0.15) is 5.82 Å². The van der Waals surface area contributed by atoms with Crippen LogP contribution in [0.25, 0.3) is 10.4 Å². The molecular formula is C27H41F2N5O3S. The van der Waals surface area contributed by atoms with Crippen LogP contribution in [0.3, 0.4) is 0 Å². The van der Waals surface area contributed by atoms with E-state index in [2.05, 4.69) is 27.5 Å². The van der Waals surface area contributed by atoms with Gasteiger partial charge in [0, 0.05) is 36.5 Å². The summed E-state index contributed by atoms with van der Waals surface area (Å²) >= 11 is 1.03. The normalized spacial score (nSPS) is 16.6. The summed E-state index contributed by atoms with van der Waals surface area (Å²) in [6.07, 6.45) is 2.00. The Morgan fingerprint density at radius 3 is 2.45 bits per heavy atom.